The van der Waals surface area contributed by atoms with Crippen LogP contribution in [0.15, 0.2) is 42.5 Å². The molecule has 8 nitrogen and oxygen atoms in total. The van der Waals surface area contributed by atoms with Crippen LogP contribution in [0.25, 0.3) is 22.2 Å². The van der Waals surface area contributed by atoms with Gasteiger partial charge in [-0.25, -0.2) is 14.6 Å². The third-order valence-corrected chi connectivity index (χ3v) is 5.68. The molecular weight excluding hydrogens is 402 g/mol. The fraction of sp³-hybridized carbons (Fsp3) is 0.250. The summed E-state index contributed by atoms with van der Waals surface area (Å²) >= 11 is 0. The normalized spacial score (nSPS) is 14.2. The van der Waals surface area contributed by atoms with Crippen molar-refractivity contribution in [3.8, 4) is 11.3 Å². The number of nitrogens with one attached hydrogen (secondary N) is 2. The van der Waals surface area contributed by atoms with E-state index in [9.17, 15) is 4.79 Å². The summed E-state index contributed by atoms with van der Waals surface area (Å²) in [5.41, 5.74) is 11.6. The lowest BCUT2D eigenvalue weighted by atomic mass is 10.0. The summed E-state index contributed by atoms with van der Waals surface area (Å²) in [7, 11) is 0. The monoisotopic (exact) mass is 427 g/mol. The van der Waals surface area contributed by atoms with E-state index in [1.807, 2.05) is 54.9 Å². The van der Waals surface area contributed by atoms with Crippen LogP contribution in [0.5, 0.6) is 0 Å². The molecule has 0 bridgehead atoms. The van der Waals surface area contributed by atoms with Crippen LogP contribution in [0.3, 0.4) is 0 Å². The van der Waals surface area contributed by atoms with E-state index in [4.69, 9.17) is 5.73 Å². The molecule has 4 N–H and O–H groups in total. The molecule has 1 amide bonds. The number of fused-ring (bicyclic) bond motifs is 2. The van der Waals surface area contributed by atoms with Gasteiger partial charge in [0.25, 0.3) is 0 Å². The van der Waals surface area contributed by atoms with Gasteiger partial charge in [0.1, 0.15) is 17.5 Å². The predicted molar refractivity (Wildman–Crippen MR) is 126 cm³/mol. The first kappa shape index (κ1) is 20.0. The van der Waals surface area contributed by atoms with Gasteiger partial charge in [-0.3, -0.25) is 4.79 Å². The maximum absolute atomic E-state index is 11.7. The molecule has 1 aliphatic rings. The summed E-state index contributed by atoms with van der Waals surface area (Å²) in [6.07, 6.45) is 0.439. The zero-order valence-corrected chi connectivity index (χ0v) is 18.3. The van der Waals surface area contributed by atoms with E-state index in [0.29, 0.717) is 18.8 Å². The van der Waals surface area contributed by atoms with Crippen LogP contribution < -0.4 is 16.4 Å². The summed E-state index contributed by atoms with van der Waals surface area (Å²) in [4.78, 5) is 21.0. The molecule has 0 unspecified atom stereocenters. The van der Waals surface area contributed by atoms with Gasteiger partial charge in [0, 0.05) is 29.1 Å². The molecule has 32 heavy (non-hydrogen) atoms. The van der Waals surface area contributed by atoms with E-state index < -0.39 is 0 Å². The topological polar surface area (TPSA) is 111 Å². The van der Waals surface area contributed by atoms with Crippen molar-refractivity contribution in [3.05, 3.63) is 59.4 Å². The minimum atomic E-state index is 0.00786. The van der Waals surface area contributed by atoms with Crippen molar-refractivity contribution < 1.29 is 4.79 Å². The number of rotatable bonds is 4. The first-order valence-electron chi connectivity index (χ1n) is 10.7. The van der Waals surface area contributed by atoms with E-state index in [1.54, 1.807) is 0 Å². The molecule has 8 heteroatoms. The minimum absolute atomic E-state index is 0.00786. The Hall–Kier alpha value is -3.94. The van der Waals surface area contributed by atoms with E-state index in [1.165, 1.54) is 0 Å². The number of carbonyl (C=O) groups excluding carboxylic acids is 1. The average Bonchev–Trinajstić information content (AvgIpc) is 3.16. The van der Waals surface area contributed by atoms with Gasteiger partial charge in [-0.1, -0.05) is 12.1 Å². The summed E-state index contributed by atoms with van der Waals surface area (Å²) < 4.78 is 1.83. The molecule has 5 rings (SSSR count). The lowest BCUT2D eigenvalue weighted by Gasteiger charge is -2.18. The quantitative estimate of drug-likeness (QED) is 0.421. The molecule has 2 aromatic carbocycles. The Kier molecular flexibility index (Phi) is 4.77. The highest BCUT2D eigenvalue weighted by Gasteiger charge is 2.18. The molecule has 0 saturated carbocycles. The number of aromatic nitrogens is 4. The molecule has 1 atom stereocenters. The fourth-order valence-corrected chi connectivity index (χ4v) is 4.14. The molecule has 0 aliphatic carbocycles. The van der Waals surface area contributed by atoms with Crippen molar-refractivity contribution in [3.63, 3.8) is 0 Å². The highest BCUT2D eigenvalue weighted by atomic mass is 16.1. The molecule has 0 fully saturated rings. The van der Waals surface area contributed by atoms with Crippen molar-refractivity contribution >= 4 is 34.1 Å². The number of nitrogen functional groups attached to an aromatic ring is 1. The zero-order chi connectivity index (χ0) is 22.4. The van der Waals surface area contributed by atoms with Gasteiger partial charge in [0.05, 0.1) is 23.8 Å². The molecular formula is C24H25N7O. The standard InChI is InChI=1S/C24H25N7O/c1-13-8-17(10-18(25)9-13)14(2)26-24-19-11-16(4-5-20(19)27-15(3)28-24)21-12-22-29-23(32)6-7-31(22)30-21/h4-5,8-12,14H,6-7,25H2,1-3H3,(H,29,32)(H,26,27,28)/t14-/m1/s1. The zero-order valence-electron chi connectivity index (χ0n) is 18.3. The molecule has 162 valence electrons. The third-order valence-electron chi connectivity index (χ3n) is 5.68. The van der Waals surface area contributed by atoms with E-state index in [0.717, 1.165) is 50.6 Å². The number of nitrogens with two attached hydrogens (primary N) is 1. The third kappa shape index (κ3) is 3.75. The van der Waals surface area contributed by atoms with Gasteiger partial charge < -0.3 is 16.4 Å². The predicted octanol–water partition coefficient (Wildman–Crippen LogP) is 4.21. The number of aryl methyl sites for hydroxylation is 3. The highest BCUT2D eigenvalue weighted by Crippen LogP contribution is 2.31. The molecule has 4 aromatic rings. The number of carbonyl (C=O) groups is 1. The van der Waals surface area contributed by atoms with Gasteiger partial charge in [-0.2, -0.15) is 5.10 Å². The first-order valence-corrected chi connectivity index (χ1v) is 10.7. The smallest absolute Gasteiger partial charge is 0.227 e. The van der Waals surface area contributed by atoms with Crippen LogP contribution in [0.4, 0.5) is 17.3 Å². The minimum Gasteiger partial charge on any atom is -0.399 e. The second-order valence-corrected chi connectivity index (χ2v) is 8.33. The Morgan fingerprint density at radius 3 is 2.78 bits per heavy atom. The van der Waals surface area contributed by atoms with Crippen molar-refractivity contribution in [2.24, 2.45) is 0 Å². The van der Waals surface area contributed by atoms with Gasteiger partial charge in [0.2, 0.25) is 5.91 Å². The van der Waals surface area contributed by atoms with Crippen LogP contribution >= 0.6 is 0 Å². The summed E-state index contributed by atoms with van der Waals surface area (Å²) in [6, 6.07) is 14.0. The maximum atomic E-state index is 11.7. The Morgan fingerprint density at radius 2 is 1.97 bits per heavy atom. The summed E-state index contributed by atoms with van der Waals surface area (Å²) in [5, 5.41) is 12.0. The second-order valence-electron chi connectivity index (χ2n) is 8.33. The molecule has 0 saturated heterocycles. The molecule has 0 radical (unpaired) electrons. The van der Waals surface area contributed by atoms with E-state index in [2.05, 4.69) is 38.7 Å². The molecule has 1 aliphatic heterocycles. The van der Waals surface area contributed by atoms with Crippen molar-refractivity contribution in [1.29, 1.82) is 0 Å². The van der Waals surface area contributed by atoms with Gasteiger partial charge in [-0.05, 0) is 56.2 Å². The Morgan fingerprint density at radius 1 is 1.12 bits per heavy atom. The van der Waals surface area contributed by atoms with Gasteiger partial charge in [0.15, 0.2) is 0 Å². The Bertz CT molecular complexity index is 1340. The van der Waals surface area contributed by atoms with Crippen LogP contribution in [0.2, 0.25) is 0 Å². The lowest BCUT2D eigenvalue weighted by Crippen LogP contribution is -2.23. The van der Waals surface area contributed by atoms with Crippen molar-refractivity contribution in [1.82, 2.24) is 19.7 Å². The maximum Gasteiger partial charge on any atom is 0.227 e. The number of hydrogen-bond donors (Lipinski definition) is 3. The van der Waals surface area contributed by atoms with Crippen LogP contribution in [-0.2, 0) is 11.3 Å². The van der Waals surface area contributed by atoms with Crippen molar-refractivity contribution in [2.45, 2.75) is 39.8 Å². The van der Waals surface area contributed by atoms with Crippen LogP contribution in [0, 0.1) is 13.8 Å². The first-order chi connectivity index (χ1) is 15.4. The van der Waals surface area contributed by atoms with E-state index in [-0.39, 0.29) is 11.9 Å². The molecule has 3 heterocycles. The number of amides is 1. The fourth-order valence-electron chi connectivity index (χ4n) is 4.14. The molecule has 0 spiro atoms. The number of anilines is 3. The highest BCUT2D eigenvalue weighted by molar-refractivity contribution is 5.94. The Labute approximate surface area is 185 Å². The van der Waals surface area contributed by atoms with Gasteiger partial charge in [-0.15, -0.1) is 0 Å². The SMILES string of the molecule is Cc1cc(N)cc([C@@H](C)Nc2nc(C)nc3ccc(-c4cc5n(n4)CCC(=O)N5)cc23)c1. The number of benzene rings is 2. The average molecular weight is 428 g/mol. The number of hydrogen-bond acceptors (Lipinski definition) is 6. The van der Waals surface area contributed by atoms with Crippen molar-refractivity contribution in [2.75, 3.05) is 16.4 Å². The van der Waals surface area contributed by atoms with Crippen LogP contribution in [-0.4, -0.2) is 25.7 Å². The molecule has 2 aromatic heterocycles. The van der Waals surface area contributed by atoms with Gasteiger partial charge >= 0.3 is 0 Å². The largest absolute Gasteiger partial charge is 0.399 e. The Balaban J connectivity index is 1.54. The summed E-state index contributed by atoms with van der Waals surface area (Å²) in [6.45, 7) is 6.60. The lowest BCUT2D eigenvalue weighted by molar-refractivity contribution is -0.116. The van der Waals surface area contributed by atoms with Crippen LogP contribution in [0.1, 0.15) is 36.3 Å². The summed E-state index contributed by atoms with van der Waals surface area (Å²) in [5.74, 6) is 2.20. The second kappa shape index (κ2) is 7.64. The van der Waals surface area contributed by atoms with E-state index >= 15 is 0 Å². The number of nitrogens with zero attached hydrogens (tertiary/aromatic N) is 4.